The van der Waals surface area contributed by atoms with Crippen molar-refractivity contribution in [3.05, 3.63) is 120 Å². The largest absolute Gasteiger partial charge is 0.0622 e. The van der Waals surface area contributed by atoms with Crippen LogP contribution in [0.2, 0.25) is 0 Å². The van der Waals surface area contributed by atoms with Gasteiger partial charge in [-0.15, -0.1) is 0 Å². The number of rotatable bonds is 4. The third-order valence-corrected chi connectivity index (χ3v) is 6.92. The monoisotopic (exact) mass is 376 g/mol. The fourth-order valence-corrected chi connectivity index (χ4v) is 5.66. The van der Waals surface area contributed by atoms with Gasteiger partial charge >= 0.3 is 0 Å². The van der Waals surface area contributed by atoms with Crippen molar-refractivity contribution < 1.29 is 0 Å². The van der Waals surface area contributed by atoms with Gasteiger partial charge in [0.2, 0.25) is 0 Å². The van der Waals surface area contributed by atoms with Gasteiger partial charge in [-0.3, -0.25) is 0 Å². The highest BCUT2D eigenvalue weighted by molar-refractivity contribution is 5.87. The molecule has 0 aromatic heterocycles. The van der Waals surface area contributed by atoms with Gasteiger partial charge in [0, 0.05) is 5.41 Å². The molecule has 0 aliphatic heterocycles. The van der Waals surface area contributed by atoms with Gasteiger partial charge in [-0.2, -0.15) is 0 Å². The molecule has 2 unspecified atom stereocenters. The zero-order valence-electron chi connectivity index (χ0n) is 16.9. The van der Waals surface area contributed by atoms with Crippen molar-refractivity contribution in [1.82, 2.24) is 0 Å². The molecule has 144 valence electrons. The van der Waals surface area contributed by atoms with E-state index in [1.165, 1.54) is 53.1 Å². The first-order valence-electron chi connectivity index (χ1n) is 10.9. The van der Waals surface area contributed by atoms with Crippen LogP contribution < -0.4 is 0 Å². The van der Waals surface area contributed by atoms with Gasteiger partial charge in [0.15, 0.2) is 0 Å². The average molecular weight is 377 g/mol. The maximum atomic E-state index is 2.41. The van der Waals surface area contributed by atoms with Crippen LogP contribution in [0.4, 0.5) is 0 Å². The van der Waals surface area contributed by atoms with E-state index in [0.717, 1.165) is 6.42 Å². The Labute approximate surface area is 174 Å². The van der Waals surface area contributed by atoms with Crippen molar-refractivity contribution in [2.45, 2.75) is 43.4 Å². The predicted molar refractivity (Wildman–Crippen MR) is 123 cm³/mol. The van der Waals surface area contributed by atoms with Crippen molar-refractivity contribution in [3.8, 4) is 0 Å². The summed E-state index contributed by atoms with van der Waals surface area (Å²) in [4.78, 5) is 0. The molecule has 0 N–H and O–H groups in total. The maximum Gasteiger partial charge on any atom is 0.00680 e. The normalized spacial score (nSPS) is 21.9. The standard InChI is InChI=1S/C29H28/c1-3-12-23(13-4-1)22-29(28-20-11-17-24-14-7-8-18-26(24)28)21-10-9-19-27(29)25-15-5-2-6-16-25/h1-8,11-18,20,27H,9-10,19,21-22H2. The molecule has 0 amide bonds. The molecule has 2 atom stereocenters. The van der Waals surface area contributed by atoms with Crippen LogP contribution >= 0.6 is 0 Å². The Morgan fingerprint density at radius 1 is 0.655 bits per heavy atom. The second-order valence-electron chi connectivity index (χ2n) is 8.55. The van der Waals surface area contributed by atoms with Gasteiger partial charge < -0.3 is 0 Å². The van der Waals surface area contributed by atoms with E-state index < -0.39 is 0 Å². The molecule has 5 rings (SSSR count). The smallest absolute Gasteiger partial charge is 0.00680 e. The lowest BCUT2D eigenvalue weighted by Gasteiger charge is -2.46. The molecule has 1 aliphatic rings. The molecule has 0 spiro atoms. The van der Waals surface area contributed by atoms with Crippen LogP contribution in [0.3, 0.4) is 0 Å². The van der Waals surface area contributed by atoms with Crippen molar-refractivity contribution in [1.29, 1.82) is 0 Å². The van der Waals surface area contributed by atoms with Crippen LogP contribution in [0, 0.1) is 0 Å². The predicted octanol–water partition coefficient (Wildman–Crippen LogP) is 7.68. The van der Waals surface area contributed by atoms with Crippen molar-refractivity contribution in [3.63, 3.8) is 0 Å². The summed E-state index contributed by atoms with van der Waals surface area (Å²) in [6.07, 6.45) is 6.23. The Morgan fingerprint density at radius 3 is 2.17 bits per heavy atom. The summed E-state index contributed by atoms with van der Waals surface area (Å²) in [7, 11) is 0. The minimum absolute atomic E-state index is 0.127. The first-order valence-corrected chi connectivity index (χ1v) is 10.9. The minimum atomic E-state index is 0.127. The second kappa shape index (κ2) is 7.87. The van der Waals surface area contributed by atoms with E-state index in [-0.39, 0.29) is 5.41 Å². The van der Waals surface area contributed by atoms with Gasteiger partial charge in [-0.05, 0) is 52.6 Å². The van der Waals surface area contributed by atoms with Gasteiger partial charge in [-0.1, -0.05) is 116 Å². The van der Waals surface area contributed by atoms with E-state index in [9.17, 15) is 0 Å². The van der Waals surface area contributed by atoms with Crippen LogP contribution in [-0.4, -0.2) is 0 Å². The lowest BCUT2D eigenvalue weighted by Crippen LogP contribution is -2.39. The summed E-state index contributed by atoms with van der Waals surface area (Å²) in [5, 5.41) is 2.78. The van der Waals surface area contributed by atoms with Crippen LogP contribution in [0.5, 0.6) is 0 Å². The molecule has 0 heteroatoms. The summed E-state index contributed by atoms with van der Waals surface area (Å²) >= 11 is 0. The molecule has 0 heterocycles. The zero-order valence-corrected chi connectivity index (χ0v) is 16.9. The third kappa shape index (κ3) is 3.38. The van der Waals surface area contributed by atoms with E-state index in [4.69, 9.17) is 0 Å². The molecule has 29 heavy (non-hydrogen) atoms. The van der Waals surface area contributed by atoms with Crippen LogP contribution in [-0.2, 0) is 11.8 Å². The lowest BCUT2D eigenvalue weighted by atomic mass is 9.57. The van der Waals surface area contributed by atoms with Crippen molar-refractivity contribution >= 4 is 10.8 Å². The Kier molecular flexibility index (Phi) is 4.94. The Bertz CT molecular complexity index is 1080. The quantitative estimate of drug-likeness (QED) is 0.343. The molecular formula is C29H28. The molecular weight excluding hydrogens is 348 g/mol. The van der Waals surface area contributed by atoms with Crippen LogP contribution in [0.25, 0.3) is 10.8 Å². The Morgan fingerprint density at radius 2 is 1.34 bits per heavy atom. The van der Waals surface area contributed by atoms with E-state index in [1.54, 1.807) is 0 Å². The topological polar surface area (TPSA) is 0 Å². The van der Waals surface area contributed by atoms with Gasteiger partial charge in [0.05, 0.1) is 0 Å². The first-order chi connectivity index (χ1) is 14.4. The van der Waals surface area contributed by atoms with Crippen LogP contribution in [0.1, 0.15) is 48.3 Å². The molecule has 1 fully saturated rings. The summed E-state index contributed by atoms with van der Waals surface area (Å²) < 4.78 is 0. The Hall–Kier alpha value is -2.86. The molecule has 0 saturated heterocycles. The highest BCUT2D eigenvalue weighted by Gasteiger charge is 2.43. The number of fused-ring (bicyclic) bond motifs is 1. The highest BCUT2D eigenvalue weighted by atomic mass is 14.5. The molecule has 0 nitrogen and oxygen atoms in total. The SMILES string of the molecule is c1ccc(CC2(c3cccc4ccccc34)CCCCC2c2ccccc2)cc1. The number of hydrogen-bond donors (Lipinski definition) is 0. The number of benzene rings is 4. The molecule has 0 radical (unpaired) electrons. The van der Waals surface area contributed by atoms with E-state index in [0.29, 0.717) is 5.92 Å². The van der Waals surface area contributed by atoms with Gasteiger partial charge in [-0.25, -0.2) is 0 Å². The third-order valence-electron chi connectivity index (χ3n) is 6.92. The minimum Gasteiger partial charge on any atom is -0.0622 e. The second-order valence-corrected chi connectivity index (χ2v) is 8.55. The fraction of sp³-hybridized carbons (Fsp3) is 0.241. The van der Waals surface area contributed by atoms with Crippen molar-refractivity contribution in [2.75, 3.05) is 0 Å². The number of hydrogen-bond acceptors (Lipinski definition) is 0. The van der Waals surface area contributed by atoms with Gasteiger partial charge in [0.1, 0.15) is 0 Å². The van der Waals surface area contributed by atoms with Crippen LogP contribution in [0.15, 0.2) is 103 Å². The molecule has 1 saturated carbocycles. The average Bonchev–Trinajstić information content (AvgIpc) is 2.80. The van der Waals surface area contributed by atoms with Gasteiger partial charge in [0.25, 0.3) is 0 Å². The fourth-order valence-electron chi connectivity index (χ4n) is 5.66. The van der Waals surface area contributed by atoms with Crippen molar-refractivity contribution in [2.24, 2.45) is 0 Å². The van der Waals surface area contributed by atoms with E-state index in [2.05, 4.69) is 103 Å². The summed E-state index contributed by atoms with van der Waals surface area (Å²) in [6, 6.07) is 38.3. The Balaban J connectivity index is 1.74. The molecule has 0 bridgehead atoms. The highest BCUT2D eigenvalue weighted by Crippen LogP contribution is 2.52. The maximum absolute atomic E-state index is 2.41. The summed E-state index contributed by atoms with van der Waals surface area (Å²) in [5.74, 6) is 0.545. The molecule has 4 aromatic carbocycles. The lowest BCUT2D eigenvalue weighted by molar-refractivity contribution is 0.246. The molecule has 4 aromatic rings. The van der Waals surface area contributed by atoms with E-state index >= 15 is 0 Å². The summed E-state index contributed by atoms with van der Waals surface area (Å²) in [5.41, 5.74) is 4.61. The summed E-state index contributed by atoms with van der Waals surface area (Å²) in [6.45, 7) is 0. The van der Waals surface area contributed by atoms with E-state index in [1.807, 2.05) is 0 Å². The zero-order chi connectivity index (χ0) is 19.5. The molecule has 1 aliphatic carbocycles. The first kappa shape index (κ1) is 18.2.